The molecule has 2 aromatic heterocycles. The van der Waals surface area contributed by atoms with Gasteiger partial charge in [-0.15, -0.1) is 0 Å². The fourth-order valence-electron chi connectivity index (χ4n) is 2.33. The number of H-pyrrole nitrogens is 1. The van der Waals surface area contributed by atoms with Crippen LogP contribution < -0.4 is 4.74 Å². The number of benzene rings is 1. The van der Waals surface area contributed by atoms with E-state index in [2.05, 4.69) is 29.0 Å². The summed E-state index contributed by atoms with van der Waals surface area (Å²) in [4.78, 5) is 7.70. The lowest BCUT2D eigenvalue weighted by atomic mass is 10.1. The third-order valence-electron chi connectivity index (χ3n) is 3.33. The number of nitrogens with one attached hydrogen (secondary N) is 1. The van der Waals surface area contributed by atoms with Crippen LogP contribution >= 0.6 is 12.2 Å². The molecular formula is C15H15N3OS. The first kappa shape index (κ1) is 12.9. The first-order valence-electron chi connectivity index (χ1n) is 6.48. The van der Waals surface area contributed by atoms with Crippen molar-refractivity contribution in [2.24, 2.45) is 0 Å². The number of aromatic nitrogens is 3. The molecule has 0 spiro atoms. The summed E-state index contributed by atoms with van der Waals surface area (Å²) in [7, 11) is 1.61. The third kappa shape index (κ3) is 2.00. The lowest BCUT2D eigenvalue weighted by Gasteiger charge is -2.09. The summed E-state index contributed by atoms with van der Waals surface area (Å²) in [5, 5.41) is 0. The van der Waals surface area contributed by atoms with Crippen molar-refractivity contribution in [3.8, 4) is 11.6 Å². The molecule has 3 aromatic rings. The number of rotatable bonds is 3. The minimum Gasteiger partial charge on any atom is -0.481 e. The maximum absolute atomic E-state index is 5.45. The number of hydrogen-bond acceptors (Lipinski definition) is 3. The Hall–Kier alpha value is -2.14. The Morgan fingerprint density at radius 1 is 1.25 bits per heavy atom. The van der Waals surface area contributed by atoms with Crippen molar-refractivity contribution in [3.63, 3.8) is 0 Å². The molecule has 1 N–H and O–H groups in total. The second-order valence-corrected chi connectivity index (χ2v) is 4.86. The zero-order chi connectivity index (χ0) is 14.1. The zero-order valence-corrected chi connectivity index (χ0v) is 12.2. The van der Waals surface area contributed by atoms with Crippen molar-refractivity contribution < 1.29 is 4.74 Å². The van der Waals surface area contributed by atoms with Crippen LogP contribution in [0, 0.1) is 4.77 Å². The highest BCUT2D eigenvalue weighted by Crippen LogP contribution is 2.23. The van der Waals surface area contributed by atoms with Crippen LogP contribution in [-0.2, 0) is 6.42 Å². The van der Waals surface area contributed by atoms with Gasteiger partial charge in [-0.2, -0.15) is 4.98 Å². The average molecular weight is 285 g/mol. The van der Waals surface area contributed by atoms with Gasteiger partial charge in [-0.25, -0.2) is 0 Å². The molecule has 0 saturated carbocycles. The van der Waals surface area contributed by atoms with Gasteiger partial charge in [-0.3, -0.25) is 4.57 Å². The summed E-state index contributed by atoms with van der Waals surface area (Å²) < 4.78 is 7.81. The van der Waals surface area contributed by atoms with Crippen molar-refractivity contribution in [2.75, 3.05) is 7.11 Å². The van der Waals surface area contributed by atoms with E-state index < -0.39 is 0 Å². The molecule has 2 heterocycles. The first-order valence-corrected chi connectivity index (χ1v) is 6.89. The number of nitrogens with zero attached hydrogens (tertiary/aromatic N) is 2. The molecule has 20 heavy (non-hydrogen) atoms. The molecule has 5 heteroatoms. The van der Waals surface area contributed by atoms with E-state index in [0.29, 0.717) is 10.7 Å². The van der Waals surface area contributed by atoms with E-state index >= 15 is 0 Å². The minimum absolute atomic E-state index is 0.578. The number of imidazole rings is 1. The molecule has 1 aromatic carbocycles. The van der Waals surface area contributed by atoms with E-state index in [4.69, 9.17) is 17.0 Å². The highest BCUT2D eigenvalue weighted by Gasteiger charge is 2.11. The number of hydrogen-bond donors (Lipinski definition) is 1. The van der Waals surface area contributed by atoms with Crippen molar-refractivity contribution in [2.45, 2.75) is 13.3 Å². The second kappa shape index (κ2) is 5.09. The monoisotopic (exact) mass is 285 g/mol. The first-order chi connectivity index (χ1) is 9.74. The summed E-state index contributed by atoms with van der Waals surface area (Å²) in [6, 6.07) is 12.0. The van der Waals surface area contributed by atoms with E-state index in [0.717, 1.165) is 23.3 Å². The van der Waals surface area contributed by atoms with Gasteiger partial charge in [0.2, 0.25) is 5.88 Å². The van der Waals surface area contributed by atoms with Gasteiger partial charge in [-0.1, -0.05) is 25.1 Å². The van der Waals surface area contributed by atoms with E-state index in [1.807, 2.05) is 28.8 Å². The van der Waals surface area contributed by atoms with Gasteiger partial charge in [0.15, 0.2) is 10.4 Å². The molecule has 0 unspecified atom stereocenters. The van der Waals surface area contributed by atoms with Crippen molar-refractivity contribution in [1.82, 2.24) is 14.5 Å². The predicted octanol–water partition coefficient (Wildman–Crippen LogP) is 3.65. The smallest absolute Gasteiger partial charge is 0.215 e. The molecule has 0 aliphatic carbocycles. The number of aromatic amines is 1. The standard InChI is InChI=1S/C15H15N3OS/c1-3-10-6-4-5-7-12(10)18-14-11(16-15(18)20)8-9-13(17-14)19-2/h4-9H,3H2,1-2H3,(H,16,20). The zero-order valence-electron chi connectivity index (χ0n) is 11.4. The van der Waals surface area contributed by atoms with Crippen LogP contribution in [0.5, 0.6) is 5.88 Å². The normalized spacial score (nSPS) is 10.9. The Morgan fingerprint density at radius 3 is 2.80 bits per heavy atom. The molecule has 0 amide bonds. The van der Waals surface area contributed by atoms with E-state index in [-0.39, 0.29) is 0 Å². The van der Waals surface area contributed by atoms with Gasteiger partial charge in [0.1, 0.15) is 0 Å². The van der Waals surface area contributed by atoms with E-state index in [1.54, 1.807) is 7.11 Å². The summed E-state index contributed by atoms with van der Waals surface area (Å²) in [6.45, 7) is 2.13. The molecule has 102 valence electrons. The number of aryl methyl sites for hydroxylation is 1. The number of fused-ring (bicyclic) bond motifs is 1. The average Bonchev–Trinajstić information content (AvgIpc) is 2.81. The Kier molecular flexibility index (Phi) is 3.28. The highest BCUT2D eigenvalue weighted by molar-refractivity contribution is 7.71. The molecule has 4 nitrogen and oxygen atoms in total. The Bertz CT molecular complexity index is 819. The van der Waals surface area contributed by atoms with Gasteiger partial charge in [0, 0.05) is 6.07 Å². The molecule has 0 aliphatic heterocycles. The number of ether oxygens (including phenoxy) is 1. The minimum atomic E-state index is 0.578. The maximum Gasteiger partial charge on any atom is 0.215 e. The second-order valence-electron chi connectivity index (χ2n) is 4.47. The van der Waals surface area contributed by atoms with Crippen LogP contribution in [0.3, 0.4) is 0 Å². The van der Waals surface area contributed by atoms with Crippen LogP contribution in [0.2, 0.25) is 0 Å². The fourth-order valence-corrected chi connectivity index (χ4v) is 2.63. The molecule has 0 atom stereocenters. The topological polar surface area (TPSA) is 42.8 Å². The van der Waals surface area contributed by atoms with Crippen molar-refractivity contribution >= 4 is 23.4 Å². The highest BCUT2D eigenvalue weighted by atomic mass is 32.1. The van der Waals surface area contributed by atoms with Crippen LogP contribution in [0.25, 0.3) is 16.9 Å². The summed E-state index contributed by atoms with van der Waals surface area (Å²) in [5.74, 6) is 0.578. The number of methoxy groups -OCH3 is 1. The van der Waals surface area contributed by atoms with Gasteiger partial charge in [-0.05, 0) is 36.3 Å². The quantitative estimate of drug-likeness (QED) is 0.747. The molecular weight excluding hydrogens is 270 g/mol. The van der Waals surface area contributed by atoms with Crippen LogP contribution in [0.15, 0.2) is 36.4 Å². The molecule has 0 fully saturated rings. The van der Waals surface area contributed by atoms with Gasteiger partial charge in [0.05, 0.1) is 18.3 Å². The van der Waals surface area contributed by atoms with Gasteiger partial charge in [0.25, 0.3) is 0 Å². The molecule has 0 radical (unpaired) electrons. The van der Waals surface area contributed by atoms with Crippen LogP contribution in [0.1, 0.15) is 12.5 Å². The molecule has 0 bridgehead atoms. The van der Waals surface area contributed by atoms with Gasteiger partial charge < -0.3 is 9.72 Å². The SMILES string of the molecule is CCc1ccccc1-n1c(=S)[nH]c2ccc(OC)nc21. The summed E-state index contributed by atoms with van der Waals surface area (Å²) in [6.07, 6.45) is 0.939. The Labute approximate surface area is 122 Å². The number of pyridine rings is 1. The molecule has 0 aliphatic rings. The lowest BCUT2D eigenvalue weighted by Crippen LogP contribution is -2.00. The summed E-state index contributed by atoms with van der Waals surface area (Å²) >= 11 is 5.45. The lowest BCUT2D eigenvalue weighted by molar-refractivity contribution is 0.399. The predicted molar refractivity (Wildman–Crippen MR) is 82.2 cm³/mol. The molecule has 0 saturated heterocycles. The maximum atomic E-state index is 5.45. The van der Waals surface area contributed by atoms with E-state index in [1.165, 1.54) is 5.56 Å². The summed E-state index contributed by atoms with van der Waals surface area (Å²) in [5.41, 5.74) is 3.98. The largest absolute Gasteiger partial charge is 0.481 e. The van der Waals surface area contributed by atoms with Crippen LogP contribution in [0.4, 0.5) is 0 Å². The van der Waals surface area contributed by atoms with Gasteiger partial charge >= 0.3 is 0 Å². The number of para-hydroxylation sites is 1. The molecule has 3 rings (SSSR count). The third-order valence-corrected chi connectivity index (χ3v) is 3.61. The Balaban J connectivity index is 2.35. The van der Waals surface area contributed by atoms with Crippen molar-refractivity contribution in [3.05, 3.63) is 46.7 Å². The van der Waals surface area contributed by atoms with E-state index in [9.17, 15) is 0 Å². The van der Waals surface area contributed by atoms with Crippen molar-refractivity contribution in [1.29, 1.82) is 0 Å². The van der Waals surface area contributed by atoms with Crippen LogP contribution in [-0.4, -0.2) is 21.6 Å². The fraction of sp³-hybridized carbons (Fsp3) is 0.200. The Morgan fingerprint density at radius 2 is 2.05 bits per heavy atom.